The second kappa shape index (κ2) is 26.3. The minimum absolute atomic E-state index is 0.167. The third-order valence-electron chi connectivity index (χ3n) is 0. The first-order valence-electron chi connectivity index (χ1n) is 2.35. The fourth-order valence-electron chi connectivity index (χ4n) is 0. The monoisotopic (exact) mass is 138 g/mol. The van der Waals surface area contributed by atoms with Crippen molar-refractivity contribution in [2.45, 2.75) is 20.0 Å². The van der Waals surface area contributed by atoms with E-state index in [1.54, 1.807) is 13.8 Å². The number of hydrogen-bond donors (Lipinski definition) is 3. The molecule has 0 heterocycles. The summed E-state index contributed by atoms with van der Waals surface area (Å²) in [6, 6.07) is 0. The SMILES string of the molecule is CC(C)O.CO.O=CO. The van der Waals surface area contributed by atoms with Gasteiger partial charge in [0, 0.05) is 13.2 Å². The van der Waals surface area contributed by atoms with Crippen LogP contribution in [0.5, 0.6) is 0 Å². The second-order valence-electron chi connectivity index (χ2n) is 1.20. The van der Waals surface area contributed by atoms with E-state index in [2.05, 4.69) is 0 Å². The van der Waals surface area contributed by atoms with E-state index in [4.69, 9.17) is 20.1 Å². The summed E-state index contributed by atoms with van der Waals surface area (Å²) in [7, 11) is 1.00. The van der Waals surface area contributed by atoms with Gasteiger partial charge in [-0.3, -0.25) is 4.79 Å². The van der Waals surface area contributed by atoms with Gasteiger partial charge >= 0.3 is 0 Å². The summed E-state index contributed by atoms with van der Waals surface area (Å²) < 4.78 is 0. The van der Waals surface area contributed by atoms with Gasteiger partial charge in [-0.1, -0.05) is 0 Å². The highest BCUT2D eigenvalue weighted by molar-refractivity contribution is 5.32. The lowest BCUT2D eigenvalue weighted by atomic mass is 10.5. The summed E-state index contributed by atoms with van der Waals surface area (Å²) in [5.74, 6) is 0. The van der Waals surface area contributed by atoms with E-state index >= 15 is 0 Å². The van der Waals surface area contributed by atoms with Crippen LogP contribution < -0.4 is 0 Å². The molecule has 0 unspecified atom stereocenters. The van der Waals surface area contributed by atoms with E-state index < -0.39 is 0 Å². The van der Waals surface area contributed by atoms with Gasteiger partial charge in [-0.15, -0.1) is 0 Å². The van der Waals surface area contributed by atoms with Crippen LogP contribution in [0.25, 0.3) is 0 Å². The van der Waals surface area contributed by atoms with Crippen LogP contribution in [0.4, 0.5) is 0 Å². The Morgan fingerprint density at radius 2 is 1.33 bits per heavy atom. The molecule has 0 radical (unpaired) electrons. The van der Waals surface area contributed by atoms with Crippen LogP contribution in [0.3, 0.4) is 0 Å². The summed E-state index contributed by atoms with van der Waals surface area (Å²) in [4.78, 5) is 8.36. The Bertz CT molecular complexity index is 33.2. The molecule has 0 bridgehead atoms. The molecule has 4 nitrogen and oxygen atoms in total. The Morgan fingerprint density at radius 1 is 1.33 bits per heavy atom. The fraction of sp³-hybridized carbons (Fsp3) is 0.800. The molecule has 58 valence electrons. The Balaban J connectivity index is -0.0000000646. The molecule has 0 saturated carbocycles. The highest BCUT2D eigenvalue weighted by Crippen LogP contribution is 1.65. The van der Waals surface area contributed by atoms with E-state index in [1.165, 1.54) is 0 Å². The summed E-state index contributed by atoms with van der Waals surface area (Å²) in [6.45, 7) is 3.19. The van der Waals surface area contributed by atoms with Crippen LogP contribution in [0, 0.1) is 0 Å². The fourth-order valence-corrected chi connectivity index (χ4v) is 0. The van der Waals surface area contributed by atoms with Gasteiger partial charge in [-0.2, -0.15) is 0 Å². The lowest BCUT2D eigenvalue weighted by molar-refractivity contribution is -0.122. The molecule has 0 aliphatic heterocycles. The zero-order valence-electron chi connectivity index (χ0n) is 5.90. The number of hydrogen-bond acceptors (Lipinski definition) is 3. The average molecular weight is 138 g/mol. The van der Waals surface area contributed by atoms with Gasteiger partial charge in [0.05, 0.1) is 0 Å². The van der Waals surface area contributed by atoms with E-state index in [0.717, 1.165) is 7.11 Å². The van der Waals surface area contributed by atoms with Crippen molar-refractivity contribution in [3.8, 4) is 0 Å². The molecule has 0 fully saturated rings. The van der Waals surface area contributed by atoms with E-state index in [0.29, 0.717) is 0 Å². The molecule has 0 amide bonds. The standard InChI is InChI=1S/C3H8O.CH2O2.CH4O/c1-3(2)4;2-1-3;1-2/h3-4H,1-2H3;1H,(H,2,3);2H,1H3. The Morgan fingerprint density at radius 3 is 1.33 bits per heavy atom. The maximum Gasteiger partial charge on any atom is 0.290 e. The first kappa shape index (κ1) is 15.8. The first-order valence-corrected chi connectivity index (χ1v) is 2.35. The molecule has 0 aromatic rings. The Hall–Kier alpha value is -0.610. The highest BCUT2D eigenvalue weighted by Gasteiger charge is 1.69. The molecule has 0 rings (SSSR count). The summed E-state index contributed by atoms with van der Waals surface area (Å²) in [5.41, 5.74) is 0. The Kier molecular flexibility index (Phi) is 46.0. The van der Waals surface area contributed by atoms with Crippen molar-refractivity contribution >= 4 is 6.47 Å². The summed E-state index contributed by atoms with van der Waals surface area (Å²) in [5, 5.41) is 21.9. The van der Waals surface area contributed by atoms with Gasteiger partial charge < -0.3 is 15.3 Å². The average Bonchev–Trinajstić information content (AvgIpc) is 1.71. The van der Waals surface area contributed by atoms with Gasteiger partial charge in [0.15, 0.2) is 0 Å². The van der Waals surface area contributed by atoms with Gasteiger partial charge in [-0.05, 0) is 13.8 Å². The van der Waals surface area contributed by atoms with Crippen molar-refractivity contribution in [3.63, 3.8) is 0 Å². The van der Waals surface area contributed by atoms with Crippen molar-refractivity contribution in [2.24, 2.45) is 0 Å². The molecule has 0 aliphatic rings. The van der Waals surface area contributed by atoms with E-state index in [9.17, 15) is 0 Å². The number of aliphatic hydroxyl groups is 2. The zero-order valence-corrected chi connectivity index (χ0v) is 5.90. The Labute approximate surface area is 54.8 Å². The van der Waals surface area contributed by atoms with Gasteiger partial charge in [-0.25, -0.2) is 0 Å². The number of rotatable bonds is 0. The number of carboxylic acid groups (broad SMARTS) is 1. The van der Waals surface area contributed by atoms with Gasteiger partial charge in [0.1, 0.15) is 0 Å². The topological polar surface area (TPSA) is 77.8 Å². The minimum atomic E-state index is -0.250. The van der Waals surface area contributed by atoms with Crippen molar-refractivity contribution in [3.05, 3.63) is 0 Å². The molecule has 3 N–H and O–H groups in total. The third kappa shape index (κ3) is 577. The van der Waals surface area contributed by atoms with Gasteiger partial charge in [0.2, 0.25) is 0 Å². The molecule has 0 atom stereocenters. The lowest BCUT2D eigenvalue weighted by Gasteiger charge is -1.80. The largest absolute Gasteiger partial charge is 0.483 e. The van der Waals surface area contributed by atoms with Crippen LogP contribution in [-0.2, 0) is 4.79 Å². The second-order valence-corrected chi connectivity index (χ2v) is 1.20. The maximum absolute atomic E-state index is 8.36. The van der Waals surface area contributed by atoms with Crippen molar-refractivity contribution in [1.82, 2.24) is 0 Å². The smallest absolute Gasteiger partial charge is 0.290 e. The molecule has 0 aromatic carbocycles. The molecule has 0 spiro atoms. The molecule has 0 aliphatic carbocycles. The summed E-state index contributed by atoms with van der Waals surface area (Å²) in [6.07, 6.45) is -0.167. The van der Waals surface area contributed by atoms with Crippen LogP contribution in [0.2, 0.25) is 0 Å². The van der Waals surface area contributed by atoms with E-state index in [-0.39, 0.29) is 12.6 Å². The predicted octanol–water partition coefficient (Wildman–Crippen LogP) is -0.304. The number of aliphatic hydroxyl groups excluding tert-OH is 2. The molecular weight excluding hydrogens is 124 g/mol. The molecular formula is C5H14O4. The van der Waals surface area contributed by atoms with Gasteiger partial charge in [0.25, 0.3) is 6.47 Å². The van der Waals surface area contributed by atoms with Crippen LogP contribution in [0.15, 0.2) is 0 Å². The van der Waals surface area contributed by atoms with Crippen LogP contribution >= 0.6 is 0 Å². The van der Waals surface area contributed by atoms with Crippen molar-refractivity contribution in [2.75, 3.05) is 7.11 Å². The zero-order chi connectivity index (χ0) is 8.28. The molecule has 0 aromatic heterocycles. The molecule has 9 heavy (non-hydrogen) atoms. The summed E-state index contributed by atoms with van der Waals surface area (Å²) >= 11 is 0. The van der Waals surface area contributed by atoms with Crippen LogP contribution in [-0.4, -0.2) is 35.0 Å². The molecule has 0 saturated heterocycles. The minimum Gasteiger partial charge on any atom is -0.483 e. The maximum atomic E-state index is 8.36. The van der Waals surface area contributed by atoms with Crippen molar-refractivity contribution in [1.29, 1.82) is 0 Å². The number of carbonyl (C=O) groups is 1. The highest BCUT2D eigenvalue weighted by atomic mass is 16.3. The van der Waals surface area contributed by atoms with Crippen molar-refractivity contribution < 1.29 is 20.1 Å². The van der Waals surface area contributed by atoms with E-state index in [1.807, 2.05) is 0 Å². The molecule has 4 heteroatoms. The first-order chi connectivity index (χ1) is 4.15. The quantitative estimate of drug-likeness (QED) is 0.401. The third-order valence-corrected chi connectivity index (χ3v) is 0. The van der Waals surface area contributed by atoms with Crippen LogP contribution in [0.1, 0.15) is 13.8 Å². The predicted molar refractivity (Wildman–Crippen MR) is 34.2 cm³/mol. The lowest BCUT2D eigenvalue weighted by Crippen LogP contribution is -1.85. The normalized spacial score (nSPS) is 6.00.